The molecule has 1 aromatic carbocycles. The maximum Gasteiger partial charge on any atom is 0.253 e. The van der Waals surface area contributed by atoms with Crippen LogP contribution in [-0.2, 0) is 4.79 Å². The standard InChI is InChI=1S/C19H29N3O2.ClH/c1-3-19(20,4-2)14-21-17(23)15-10-12-22(13-11-15)18(24)16-8-6-5-7-9-16;/h5-9,15H,3-4,10-14,20H2,1-2H3,(H,21,23);1H. The van der Waals surface area contributed by atoms with E-state index in [2.05, 4.69) is 5.32 Å². The van der Waals surface area contributed by atoms with Gasteiger partial charge in [-0.1, -0.05) is 32.0 Å². The Kier molecular flexibility index (Phi) is 8.39. The molecule has 140 valence electrons. The summed E-state index contributed by atoms with van der Waals surface area (Å²) in [5.74, 6) is 0.0914. The van der Waals surface area contributed by atoms with Crippen molar-refractivity contribution < 1.29 is 9.59 Å². The molecule has 0 spiro atoms. The molecule has 1 heterocycles. The minimum absolute atomic E-state index is 0. The SMILES string of the molecule is CCC(N)(CC)CNC(=O)C1CCN(C(=O)c2ccccc2)CC1.Cl. The summed E-state index contributed by atoms with van der Waals surface area (Å²) in [5.41, 5.74) is 6.62. The molecule has 0 radical (unpaired) electrons. The van der Waals surface area contributed by atoms with Gasteiger partial charge in [-0.15, -0.1) is 12.4 Å². The molecule has 25 heavy (non-hydrogen) atoms. The molecule has 1 aliphatic rings. The number of nitrogens with zero attached hydrogens (tertiary/aromatic N) is 1. The Morgan fingerprint density at radius 1 is 1.16 bits per heavy atom. The van der Waals surface area contributed by atoms with Crippen LogP contribution in [0.2, 0.25) is 0 Å². The number of hydrogen-bond donors (Lipinski definition) is 2. The monoisotopic (exact) mass is 367 g/mol. The molecule has 5 nitrogen and oxygen atoms in total. The molecule has 2 rings (SSSR count). The van der Waals surface area contributed by atoms with E-state index in [-0.39, 0.29) is 35.7 Å². The summed E-state index contributed by atoms with van der Waals surface area (Å²) in [6.45, 7) is 5.86. The van der Waals surface area contributed by atoms with E-state index in [1.807, 2.05) is 49.1 Å². The van der Waals surface area contributed by atoms with Gasteiger partial charge in [0.05, 0.1) is 0 Å². The normalized spacial score (nSPS) is 15.4. The van der Waals surface area contributed by atoms with Crippen molar-refractivity contribution in [3.63, 3.8) is 0 Å². The minimum atomic E-state index is -0.320. The average molecular weight is 368 g/mol. The summed E-state index contributed by atoms with van der Waals surface area (Å²) in [7, 11) is 0. The van der Waals surface area contributed by atoms with Gasteiger partial charge in [0, 0.05) is 36.7 Å². The molecule has 0 saturated carbocycles. The first-order chi connectivity index (χ1) is 11.5. The number of likely N-dealkylation sites (tertiary alicyclic amines) is 1. The highest BCUT2D eigenvalue weighted by molar-refractivity contribution is 5.94. The van der Waals surface area contributed by atoms with Crippen molar-refractivity contribution in [3.05, 3.63) is 35.9 Å². The molecular weight excluding hydrogens is 338 g/mol. The summed E-state index contributed by atoms with van der Waals surface area (Å²) >= 11 is 0. The van der Waals surface area contributed by atoms with Crippen molar-refractivity contribution >= 4 is 24.2 Å². The first-order valence-corrected chi connectivity index (χ1v) is 8.90. The van der Waals surface area contributed by atoms with Gasteiger partial charge in [-0.25, -0.2) is 0 Å². The molecule has 1 saturated heterocycles. The van der Waals surface area contributed by atoms with Crippen molar-refractivity contribution in [1.82, 2.24) is 10.2 Å². The maximum atomic E-state index is 12.4. The fourth-order valence-electron chi connectivity index (χ4n) is 3.02. The first-order valence-electron chi connectivity index (χ1n) is 8.90. The molecule has 0 aliphatic carbocycles. The quantitative estimate of drug-likeness (QED) is 0.811. The number of carbonyl (C=O) groups excluding carboxylic acids is 2. The summed E-state index contributed by atoms with van der Waals surface area (Å²) in [4.78, 5) is 26.6. The Hall–Kier alpha value is -1.59. The number of piperidine rings is 1. The third-order valence-corrected chi connectivity index (χ3v) is 5.20. The van der Waals surface area contributed by atoms with Crippen LogP contribution in [0.4, 0.5) is 0 Å². The average Bonchev–Trinajstić information content (AvgIpc) is 2.66. The fourth-order valence-corrected chi connectivity index (χ4v) is 3.02. The van der Waals surface area contributed by atoms with Gasteiger partial charge < -0.3 is 16.0 Å². The summed E-state index contributed by atoms with van der Waals surface area (Å²) in [6.07, 6.45) is 3.10. The van der Waals surface area contributed by atoms with Crippen molar-refractivity contribution in [2.75, 3.05) is 19.6 Å². The van der Waals surface area contributed by atoms with Gasteiger partial charge in [-0.05, 0) is 37.8 Å². The lowest BCUT2D eigenvalue weighted by Crippen LogP contribution is -2.51. The van der Waals surface area contributed by atoms with Gasteiger partial charge in [0.25, 0.3) is 5.91 Å². The summed E-state index contributed by atoms with van der Waals surface area (Å²) in [6, 6.07) is 9.30. The molecule has 3 N–H and O–H groups in total. The van der Waals surface area contributed by atoms with Crippen LogP contribution in [0.15, 0.2) is 30.3 Å². The molecule has 0 bridgehead atoms. The lowest BCUT2D eigenvalue weighted by molar-refractivity contribution is -0.126. The second-order valence-corrected chi connectivity index (χ2v) is 6.72. The van der Waals surface area contributed by atoms with Crippen LogP contribution in [0.1, 0.15) is 49.9 Å². The third-order valence-electron chi connectivity index (χ3n) is 5.20. The van der Waals surface area contributed by atoms with Crippen LogP contribution in [0.3, 0.4) is 0 Å². The number of benzene rings is 1. The smallest absolute Gasteiger partial charge is 0.253 e. The van der Waals surface area contributed by atoms with Crippen LogP contribution in [0.5, 0.6) is 0 Å². The molecule has 1 fully saturated rings. The highest BCUT2D eigenvalue weighted by atomic mass is 35.5. The number of nitrogens with one attached hydrogen (secondary N) is 1. The van der Waals surface area contributed by atoms with Crippen molar-refractivity contribution in [2.24, 2.45) is 11.7 Å². The van der Waals surface area contributed by atoms with Crippen LogP contribution < -0.4 is 11.1 Å². The molecule has 0 atom stereocenters. The highest BCUT2D eigenvalue weighted by Gasteiger charge is 2.29. The van der Waals surface area contributed by atoms with Crippen LogP contribution in [0.25, 0.3) is 0 Å². The first kappa shape index (κ1) is 21.5. The van der Waals surface area contributed by atoms with Gasteiger partial charge in [0.2, 0.25) is 5.91 Å². The Morgan fingerprint density at radius 3 is 2.24 bits per heavy atom. The van der Waals surface area contributed by atoms with Gasteiger partial charge >= 0.3 is 0 Å². The Bertz CT molecular complexity index is 553. The maximum absolute atomic E-state index is 12.4. The van der Waals surface area contributed by atoms with Crippen LogP contribution in [-0.4, -0.2) is 41.9 Å². The predicted molar refractivity (Wildman–Crippen MR) is 103 cm³/mol. The number of nitrogens with two attached hydrogens (primary N) is 1. The molecule has 1 aromatic rings. The Morgan fingerprint density at radius 2 is 1.72 bits per heavy atom. The second kappa shape index (κ2) is 9.78. The number of halogens is 1. The zero-order valence-corrected chi connectivity index (χ0v) is 16.0. The van der Waals surface area contributed by atoms with E-state index in [4.69, 9.17) is 5.73 Å². The molecule has 1 aliphatic heterocycles. The van der Waals surface area contributed by atoms with Gasteiger partial charge in [0.15, 0.2) is 0 Å². The van der Waals surface area contributed by atoms with Gasteiger partial charge in [-0.3, -0.25) is 9.59 Å². The molecule has 0 aromatic heterocycles. The van der Waals surface area contributed by atoms with E-state index >= 15 is 0 Å². The lowest BCUT2D eigenvalue weighted by atomic mass is 9.92. The fraction of sp³-hybridized carbons (Fsp3) is 0.579. The highest BCUT2D eigenvalue weighted by Crippen LogP contribution is 2.20. The van der Waals surface area contributed by atoms with Crippen molar-refractivity contribution in [2.45, 2.75) is 45.1 Å². The largest absolute Gasteiger partial charge is 0.354 e. The van der Waals surface area contributed by atoms with E-state index in [0.29, 0.717) is 38.0 Å². The Balaban J connectivity index is 0.00000312. The zero-order chi connectivity index (χ0) is 17.6. The van der Waals surface area contributed by atoms with Gasteiger partial charge in [0.1, 0.15) is 0 Å². The molecule has 2 amide bonds. The molecule has 0 unspecified atom stereocenters. The van der Waals surface area contributed by atoms with Gasteiger partial charge in [-0.2, -0.15) is 0 Å². The van der Waals surface area contributed by atoms with E-state index in [0.717, 1.165) is 12.8 Å². The van der Waals surface area contributed by atoms with E-state index in [9.17, 15) is 9.59 Å². The minimum Gasteiger partial charge on any atom is -0.354 e. The number of rotatable bonds is 6. The topological polar surface area (TPSA) is 75.4 Å². The Labute approximate surface area is 156 Å². The number of amides is 2. The predicted octanol–water partition coefficient (Wildman–Crippen LogP) is 2.59. The van der Waals surface area contributed by atoms with Crippen LogP contribution in [0, 0.1) is 5.92 Å². The van der Waals surface area contributed by atoms with Crippen LogP contribution >= 0.6 is 12.4 Å². The zero-order valence-electron chi connectivity index (χ0n) is 15.2. The second-order valence-electron chi connectivity index (χ2n) is 6.72. The van der Waals surface area contributed by atoms with Crippen molar-refractivity contribution in [3.8, 4) is 0 Å². The number of carbonyl (C=O) groups is 2. The van der Waals surface area contributed by atoms with Crippen molar-refractivity contribution in [1.29, 1.82) is 0 Å². The summed E-state index contributed by atoms with van der Waals surface area (Å²) in [5, 5.41) is 3.00. The van der Waals surface area contributed by atoms with E-state index in [1.54, 1.807) is 0 Å². The van der Waals surface area contributed by atoms with E-state index in [1.165, 1.54) is 0 Å². The van der Waals surface area contributed by atoms with E-state index < -0.39 is 0 Å². The lowest BCUT2D eigenvalue weighted by Gasteiger charge is -2.33. The molecule has 6 heteroatoms. The third kappa shape index (κ3) is 5.72. The molecular formula is C19H30ClN3O2. The summed E-state index contributed by atoms with van der Waals surface area (Å²) < 4.78 is 0. The number of hydrogen-bond acceptors (Lipinski definition) is 3.